The predicted octanol–water partition coefficient (Wildman–Crippen LogP) is 1.36. The van der Waals surface area contributed by atoms with Gasteiger partial charge in [0.1, 0.15) is 0 Å². The number of amides is 2. The Morgan fingerprint density at radius 2 is 1.89 bits per heavy atom. The molecular formula is C20H31N5O3. The summed E-state index contributed by atoms with van der Waals surface area (Å²) in [7, 11) is 0. The fourth-order valence-electron chi connectivity index (χ4n) is 4.41. The van der Waals surface area contributed by atoms with Gasteiger partial charge in [-0.05, 0) is 45.1 Å². The second-order valence-corrected chi connectivity index (χ2v) is 8.34. The highest BCUT2D eigenvalue weighted by atomic mass is 16.5. The molecule has 0 spiro atoms. The van der Waals surface area contributed by atoms with E-state index >= 15 is 0 Å². The van der Waals surface area contributed by atoms with Crippen molar-refractivity contribution in [1.82, 2.24) is 25.3 Å². The van der Waals surface area contributed by atoms with E-state index < -0.39 is 0 Å². The summed E-state index contributed by atoms with van der Waals surface area (Å²) in [5.41, 5.74) is 0. The van der Waals surface area contributed by atoms with Gasteiger partial charge in [0.25, 0.3) is 0 Å². The summed E-state index contributed by atoms with van der Waals surface area (Å²) in [6, 6.07) is 0.489. The maximum Gasteiger partial charge on any atom is 0.226 e. The molecule has 1 saturated carbocycles. The first-order chi connectivity index (χ1) is 13.6. The molecule has 3 aliphatic rings. The summed E-state index contributed by atoms with van der Waals surface area (Å²) in [5, 5.41) is 6.85. The highest BCUT2D eigenvalue weighted by Gasteiger charge is 2.37. The second kappa shape index (κ2) is 8.59. The van der Waals surface area contributed by atoms with Gasteiger partial charge >= 0.3 is 0 Å². The van der Waals surface area contributed by atoms with Crippen LogP contribution in [0, 0.1) is 11.8 Å². The van der Waals surface area contributed by atoms with Crippen molar-refractivity contribution in [3.05, 3.63) is 11.7 Å². The van der Waals surface area contributed by atoms with E-state index in [0.29, 0.717) is 42.5 Å². The van der Waals surface area contributed by atoms with Gasteiger partial charge in [-0.15, -0.1) is 0 Å². The molecule has 8 nitrogen and oxygen atoms in total. The van der Waals surface area contributed by atoms with Gasteiger partial charge in [0.2, 0.25) is 17.7 Å². The Balaban J connectivity index is 1.23. The minimum Gasteiger partial charge on any atom is -0.348 e. The molecule has 2 saturated heterocycles. The molecule has 1 atom stereocenters. The van der Waals surface area contributed by atoms with Gasteiger partial charge < -0.3 is 14.7 Å². The third-order valence-electron chi connectivity index (χ3n) is 6.28. The predicted molar refractivity (Wildman–Crippen MR) is 102 cm³/mol. The van der Waals surface area contributed by atoms with E-state index in [0.717, 1.165) is 64.7 Å². The van der Waals surface area contributed by atoms with Gasteiger partial charge in [0.05, 0.1) is 12.5 Å². The first-order valence-electron chi connectivity index (χ1n) is 10.8. The molecular weight excluding hydrogens is 358 g/mol. The molecule has 0 unspecified atom stereocenters. The Kier molecular flexibility index (Phi) is 5.94. The van der Waals surface area contributed by atoms with Crippen LogP contribution in [0.25, 0.3) is 0 Å². The molecule has 8 heteroatoms. The molecule has 2 amide bonds. The summed E-state index contributed by atoms with van der Waals surface area (Å²) in [5.74, 6) is 1.89. The van der Waals surface area contributed by atoms with Gasteiger partial charge in [-0.3, -0.25) is 14.5 Å². The van der Waals surface area contributed by atoms with Gasteiger partial charge in [0, 0.05) is 38.0 Å². The Morgan fingerprint density at radius 1 is 1.11 bits per heavy atom. The molecule has 1 aromatic rings. The quantitative estimate of drug-likeness (QED) is 0.790. The molecule has 154 valence electrons. The average molecular weight is 390 g/mol. The van der Waals surface area contributed by atoms with Crippen LogP contribution in [-0.4, -0.2) is 64.0 Å². The lowest BCUT2D eigenvalue weighted by molar-refractivity contribution is -0.134. The Bertz CT molecular complexity index is 694. The molecule has 3 heterocycles. The monoisotopic (exact) mass is 389 g/mol. The van der Waals surface area contributed by atoms with Crippen LogP contribution in [-0.2, 0) is 22.6 Å². The van der Waals surface area contributed by atoms with Crippen molar-refractivity contribution in [3.8, 4) is 0 Å². The molecule has 0 bridgehead atoms. The number of nitrogens with zero attached hydrogens (tertiary/aromatic N) is 4. The van der Waals surface area contributed by atoms with Crippen LogP contribution in [0.15, 0.2) is 4.52 Å². The molecule has 1 N–H and O–H groups in total. The van der Waals surface area contributed by atoms with E-state index in [-0.39, 0.29) is 11.8 Å². The zero-order valence-electron chi connectivity index (χ0n) is 16.7. The fourth-order valence-corrected chi connectivity index (χ4v) is 4.41. The van der Waals surface area contributed by atoms with Crippen molar-refractivity contribution in [1.29, 1.82) is 0 Å². The van der Waals surface area contributed by atoms with E-state index in [4.69, 9.17) is 4.52 Å². The third-order valence-corrected chi connectivity index (χ3v) is 6.28. The Morgan fingerprint density at radius 3 is 2.57 bits per heavy atom. The Hall–Kier alpha value is -1.96. The van der Waals surface area contributed by atoms with E-state index in [1.54, 1.807) is 0 Å². The summed E-state index contributed by atoms with van der Waals surface area (Å²) in [4.78, 5) is 33.6. The van der Waals surface area contributed by atoms with Crippen LogP contribution in [0.4, 0.5) is 0 Å². The lowest BCUT2D eigenvalue weighted by Gasteiger charge is -2.42. The maximum absolute atomic E-state index is 12.6. The number of carbonyl (C=O) groups is 2. The van der Waals surface area contributed by atoms with Crippen LogP contribution in [0.5, 0.6) is 0 Å². The number of rotatable bonds is 6. The van der Waals surface area contributed by atoms with Crippen molar-refractivity contribution in [2.24, 2.45) is 11.8 Å². The topological polar surface area (TPSA) is 91.6 Å². The number of carbonyl (C=O) groups excluding carboxylic acids is 2. The standard InChI is InChI=1S/C20H31N5O3/c1-2-18-22-17(23-28-18)12-21-19(26)15-4-3-9-25(13-15)16-7-10-24(11-8-16)20(27)14-5-6-14/h14-16H,2-13H2,1H3,(H,21,26)/t15-/m1/s1. The van der Waals surface area contributed by atoms with Gasteiger partial charge in [-0.25, -0.2) is 0 Å². The summed E-state index contributed by atoms with van der Waals surface area (Å²) >= 11 is 0. The summed E-state index contributed by atoms with van der Waals surface area (Å²) < 4.78 is 5.08. The zero-order valence-corrected chi connectivity index (χ0v) is 16.7. The number of piperidine rings is 2. The van der Waals surface area contributed by atoms with Crippen molar-refractivity contribution in [3.63, 3.8) is 0 Å². The summed E-state index contributed by atoms with van der Waals surface area (Å²) in [6.45, 7) is 5.87. The molecule has 1 aliphatic carbocycles. The van der Waals surface area contributed by atoms with Crippen molar-refractivity contribution in [2.75, 3.05) is 26.2 Å². The van der Waals surface area contributed by atoms with E-state index in [1.807, 2.05) is 6.92 Å². The number of nitrogens with one attached hydrogen (secondary N) is 1. The molecule has 0 aromatic carbocycles. The third kappa shape index (κ3) is 4.54. The molecule has 1 aromatic heterocycles. The summed E-state index contributed by atoms with van der Waals surface area (Å²) in [6.07, 6.45) is 6.86. The second-order valence-electron chi connectivity index (χ2n) is 8.34. The normalized spacial score (nSPS) is 24.3. The van der Waals surface area contributed by atoms with Crippen LogP contribution >= 0.6 is 0 Å². The van der Waals surface area contributed by atoms with Crippen LogP contribution < -0.4 is 5.32 Å². The van der Waals surface area contributed by atoms with Crippen LogP contribution in [0.3, 0.4) is 0 Å². The Labute approximate surface area is 166 Å². The number of aromatic nitrogens is 2. The van der Waals surface area contributed by atoms with E-state index in [2.05, 4.69) is 25.3 Å². The smallest absolute Gasteiger partial charge is 0.226 e. The first kappa shape index (κ1) is 19.4. The number of likely N-dealkylation sites (tertiary alicyclic amines) is 2. The molecule has 4 rings (SSSR count). The van der Waals surface area contributed by atoms with Crippen LogP contribution in [0.2, 0.25) is 0 Å². The SMILES string of the molecule is CCc1nc(CNC(=O)[C@@H]2CCCN(C3CCN(C(=O)C4CC4)CC3)C2)no1. The number of hydrogen-bond donors (Lipinski definition) is 1. The maximum atomic E-state index is 12.6. The lowest BCUT2D eigenvalue weighted by atomic mass is 9.93. The first-order valence-corrected chi connectivity index (χ1v) is 10.8. The van der Waals surface area contributed by atoms with E-state index in [9.17, 15) is 9.59 Å². The largest absolute Gasteiger partial charge is 0.348 e. The van der Waals surface area contributed by atoms with Gasteiger partial charge in [-0.1, -0.05) is 12.1 Å². The van der Waals surface area contributed by atoms with Gasteiger partial charge in [-0.2, -0.15) is 4.98 Å². The van der Waals surface area contributed by atoms with Crippen molar-refractivity contribution >= 4 is 11.8 Å². The average Bonchev–Trinajstić information content (AvgIpc) is 3.49. The van der Waals surface area contributed by atoms with Crippen molar-refractivity contribution in [2.45, 2.75) is 64.5 Å². The van der Waals surface area contributed by atoms with Crippen LogP contribution in [0.1, 0.15) is 57.2 Å². The van der Waals surface area contributed by atoms with E-state index in [1.165, 1.54) is 0 Å². The highest BCUT2D eigenvalue weighted by molar-refractivity contribution is 5.81. The molecule has 3 fully saturated rings. The number of aryl methyl sites for hydroxylation is 1. The lowest BCUT2D eigenvalue weighted by Crippen LogP contribution is -2.51. The zero-order chi connectivity index (χ0) is 19.5. The molecule has 2 aliphatic heterocycles. The minimum absolute atomic E-state index is 0.0115. The highest BCUT2D eigenvalue weighted by Crippen LogP contribution is 2.32. The van der Waals surface area contributed by atoms with Crippen molar-refractivity contribution < 1.29 is 14.1 Å². The fraction of sp³-hybridized carbons (Fsp3) is 0.800. The molecule has 0 radical (unpaired) electrons. The molecule has 28 heavy (non-hydrogen) atoms. The van der Waals surface area contributed by atoms with Gasteiger partial charge in [0.15, 0.2) is 5.82 Å². The minimum atomic E-state index is 0.0115. The number of hydrogen-bond acceptors (Lipinski definition) is 6.